The Morgan fingerprint density at radius 1 is 0.429 bits per heavy atom. The van der Waals surface area contributed by atoms with Crippen molar-refractivity contribution in [3.05, 3.63) is 166 Å². The molecule has 6 aromatic carbocycles. The lowest BCUT2D eigenvalue weighted by atomic mass is 9.70. The van der Waals surface area contributed by atoms with Gasteiger partial charge in [-0.2, -0.15) is 0 Å². The van der Waals surface area contributed by atoms with Crippen LogP contribution >= 0.6 is 0 Å². The summed E-state index contributed by atoms with van der Waals surface area (Å²) in [6.45, 7) is 8.16. The molecule has 1 nitrogen and oxygen atoms in total. The van der Waals surface area contributed by atoms with Gasteiger partial charge in [-0.05, 0) is 91.0 Å². The number of benzene rings is 6. The van der Waals surface area contributed by atoms with Crippen LogP contribution in [-0.2, 0) is 5.41 Å². The monoisotopic (exact) mass is 534 g/mol. The molecular weight excluding hydrogens is 508 g/mol. The molecule has 2 aliphatic rings. The zero-order chi connectivity index (χ0) is 28.0. The Balaban J connectivity index is 1.27. The van der Waals surface area contributed by atoms with E-state index in [0.29, 0.717) is 5.42 Å². The van der Waals surface area contributed by atoms with Crippen LogP contribution in [0.4, 0.5) is 0 Å². The second-order valence-corrected chi connectivity index (χ2v) is 11.4. The minimum absolute atomic E-state index is 0.338. The Morgan fingerprint density at radius 2 is 0.929 bits per heavy atom. The Labute approximate surface area is 244 Å². The maximum atomic E-state index is 5.77. The molecule has 0 amide bonds. The fourth-order valence-corrected chi connectivity index (χ4v) is 7.53. The standard InChI is InChI=1S/C41H26O/c1-25-26(2)42-40-21-19-29(23-35(25)40)27-10-9-11-28(22-27)30-18-20-34-33-14-5-8-17-38(33)41(39(34)24-30)36-15-6-3-12-31(36)32-13-4-7-16-37(32)41/h3-24H,1-2H2. The lowest BCUT2D eigenvalue weighted by Crippen LogP contribution is -2.25. The predicted molar refractivity (Wildman–Crippen MR) is 174 cm³/mol. The normalized spacial score (nSPS) is 13.6. The number of fused-ring (bicyclic) bond motifs is 11. The van der Waals surface area contributed by atoms with Gasteiger partial charge in [-0.1, -0.05) is 122 Å². The molecule has 1 heterocycles. The van der Waals surface area contributed by atoms with Crippen molar-refractivity contribution in [3.63, 3.8) is 0 Å². The van der Waals surface area contributed by atoms with Crippen LogP contribution in [0.3, 0.4) is 0 Å². The van der Waals surface area contributed by atoms with E-state index in [0.717, 1.165) is 27.3 Å². The average molecular weight is 535 g/mol. The second kappa shape index (κ2) is 8.31. The molecular formula is C41H26O. The molecule has 42 heavy (non-hydrogen) atoms. The van der Waals surface area contributed by atoms with Crippen molar-refractivity contribution in [1.82, 2.24) is 0 Å². The maximum absolute atomic E-state index is 5.77. The van der Waals surface area contributed by atoms with Crippen LogP contribution in [0.15, 0.2) is 138 Å². The molecule has 1 heteroatoms. The minimum atomic E-state index is -0.338. The van der Waals surface area contributed by atoms with Gasteiger partial charge in [0.25, 0.3) is 0 Å². The van der Waals surface area contributed by atoms with Gasteiger partial charge in [-0.3, -0.25) is 0 Å². The molecule has 0 radical (unpaired) electrons. The second-order valence-electron chi connectivity index (χ2n) is 11.4. The van der Waals surface area contributed by atoms with Crippen LogP contribution in [0.1, 0.15) is 22.3 Å². The van der Waals surface area contributed by atoms with Gasteiger partial charge in [-0.15, -0.1) is 0 Å². The zero-order valence-corrected chi connectivity index (χ0v) is 23.0. The van der Waals surface area contributed by atoms with Gasteiger partial charge >= 0.3 is 0 Å². The van der Waals surface area contributed by atoms with E-state index in [2.05, 4.69) is 141 Å². The summed E-state index contributed by atoms with van der Waals surface area (Å²) in [5, 5.41) is 1.86. The summed E-state index contributed by atoms with van der Waals surface area (Å²) >= 11 is 0. The third-order valence-electron chi connectivity index (χ3n) is 9.40. The molecule has 2 aliphatic carbocycles. The summed E-state index contributed by atoms with van der Waals surface area (Å²) in [4.78, 5) is 0. The minimum Gasteiger partial charge on any atom is -0.457 e. The van der Waals surface area contributed by atoms with Crippen LogP contribution in [-0.4, -0.2) is 0 Å². The summed E-state index contributed by atoms with van der Waals surface area (Å²) in [6, 6.07) is 49.1. The van der Waals surface area contributed by atoms with E-state index in [4.69, 9.17) is 4.42 Å². The van der Waals surface area contributed by atoms with Crippen molar-refractivity contribution in [1.29, 1.82) is 0 Å². The van der Waals surface area contributed by atoms with Crippen molar-refractivity contribution < 1.29 is 4.42 Å². The number of hydrogen-bond acceptors (Lipinski definition) is 1. The van der Waals surface area contributed by atoms with E-state index >= 15 is 0 Å². The van der Waals surface area contributed by atoms with Gasteiger partial charge in [0.2, 0.25) is 0 Å². The molecule has 1 spiro atoms. The van der Waals surface area contributed by atoms with Crippen LogP contribution in [0.5, 0.6) is 0 Å². The Morgan fingerprint density at radius 3 is 1.55 bits per heavy atom. The van der Waals surface area contributed by atoms with Crippen molar-refractivity contribution in [3.8, 4) is 44.5 Å². The fourth-order valence-electron chi connectivity index (χ4n) is 7.53. The molecule has 0 bridgehead atoms. The molecule has 7 aromatic rings. The maximum Gasteiger partial charge on any atom is 0.135 e. The third kappa shape index (κ3) is 2.92. The third-order valence-corrected chi connectivity index (χ3v) is 9.40. The molecule has 0 fully saturated rings. The smallest absolute Gasteiger partial charge is 0.135 e. The molecule has 0 saturated carbocycles. The molecule has 0 N–H and O–H groups in total. The lowest BCUT2D eigenvalue weighted by molar-refractivity contribution is 0.577. The van der Waals surface area contributed by atoms with E-state index in [-0.39, 0.29) is 5.41 Å². The Hall–Kier alpha value is -5.40. The number of hydrogen-bond donors (Lipinski definition) is 0. The summed E-state index contributed by atoms with van der Waals surface area (Å²) in [6.07, 6.45) is 0. The van der Waals surface area contributed by atoms with E-state index in [1.807, 2.05) is 6.07 Å². The SMILES string of the molecule is C=c1oc2ccc(-c3cccc(-c4ccc5c(c4)C4(c6ccccc6-c6ccccc64)c4ccccc4-5)c3)cc2c1=C. The van der Waals surface area contributed by atoms with Crippen LogP contribution in [0.25, 0.3) is 68.6 Å². The van der Waals surface area contributed by atoms with Gasteiger partial charge in [-0.25, -0.2) is 0 Å². The van der Waals surface area contributed by atoms with Crippen molar-refractivity contribution in [2.75, 3.05) is 0 Å². The highest BCUT2D eigenvalue weighted by molar-refractivity contribution is 5.96. The Kier molecular flexibility index (Phi) is 4.62. The first kappa shape index (κ1) is 23.3. The first-order valence-electron chi connectivity index (χ1n) is 14.4. The summed E-state index contributed by atoms with van der Waals surface area (Å²) in [5.41, 5.74) is 16.6. The van der Waals surface area contributed by atoms with Crippen LogP contribution in [0, 0.1) is 0 Å². The van der Waals surface area contributed by atoms with Gasteiger partial charge in [0.05, 0.1) is 5.41 Å². The molecule has 0 aliphatic heterocycles. The largest absolute Gasteiger partial charge is 0.457 e. The van der Waals surface area contributed by atoms with E-state index < -0.39 is 0 Å². The van der Waals surface area contributed by atoms with Crippen molar-refractivity contribution >= 4 is 24.1 Å². The fraction of sp³-hybridized carbons (Fsp3) is 0.0244. The first-order chi connectivity index (χ1) is 20.6. The number of furan rings is 1. The highest BCUT2D eigenvalue weighted by Gasteiger charge is 2.51. The van der Waals surface area contributed by atoms with Crippen molar-refractivity contribution in [2.45, 2.75) is 5.41 Å². The summed E-state index contributed by atoms with van der Waals surface area (Å²) in [5.74, 6) is 0. The highest BCUT2D eigenvalue weighted by Crippen LogP contribution is 2.62. The van der Waals surface area contributed by atoms with Gasteiger partial charge < -0.3 is 4.42 Å². The van der Waals surface area contributed by atoms with E-state index in [1.54, 1.807) is 0 Å². The molecule has 196 valence electrons. The summed E-state index contributed by atoms with van der Waals surface area (Å²) < 4.78 is 5.77. The quantitative estimate of drug-likeness (QED) is 0.216. The molecule has 0 atom stereocenters. The average Bonchev–Trinajstić information content (AvgIpc) is 3.63. The van der Waals surface area contributed by atoms with Crippen LogP contribution < -0.4 is 10.6 Å². The molecule has 0 saturated heterocycles. The molecule has 0 unspecified atom stereocenters. The predicted octanol–water partition coefficient (Wildman–Crippen LogP) is 8.93. The Bertz CT molecular complexity index is 2290. The van der Waals surface area contributed by atoms with Gasteiger partial charge in [0.15, 0.2) is 0 Å². The summed E-state index contributed by atoms with van der Waals surface area (Å²) in [7, 11) is 0. The van der Waals surface area contributed by atoms with Crippen LogP contribution in [0.2, 0.25) is 0 Å². The van der Waals surface area contributed by atoms with E-state index in [1.165, 1.54) is 55.6 Å². The van der Waals surface area contributed by atoms with E-state index in [9.17, 15) is 0 Å². The number of rotatable bonds is 2. The topological polar surface area (TPSA) is 13.1 Å². The molecule has 1 aromatic heterocycles. The first-order valence-corrected chi connectivity index (χ1v) is 14.4. The lowest BCUT2D eigenvalue weighted by Gasteiger charge is -2.30. The van der Waals surface area contributed by atoms with Gasteiger partial charge in [0, 0.05) is 10.6 Å². The van der Waals surface area contributed by atoms with Gasteiger partial charge in [0.1, 0.15) is 11.0 Å². The zero-order valence-electron chi connectivity index (χ0n) is 23.0. The van der Waals surface area contributed by atoms with Crippen molar-refractivity contribution in [2.24, 2.45) is 0 Å². The highest BCUT2D eigenvalue weighted by atomic mass is 16.3. The molecule has 9 rings (SSSR count).